The number of carbonyl (C=O) groups is 1. The Hall–Kier alpha value is -2.10. The van der Waals surface area contributed by atoms with Crippen molar-refractivity contribution in [3.63, 3.8) is 0 Å². The SMILES string of the molecule is NCC#Cc1cc(C(=O)NCc2ncc[nH]2)cs1. The number of aromatic amines is 1. The van der Waals surface area contributed by atoms with Crippen molar-refractivity contribution in [3.05, 3.63) is 40.1 Å². The molecule has 2 rings (SSSR count). The Kier molecular flexibility index (Phi) is 4.12. The molecule has 4 N–H and O–H groups in total. The highest BCUT2D eigenvalue weighted by molar-refractivity contribution is 7.10. The number of thiophene rings is 1. The number of nitrogens with one attached hydrogen (secondary N) is 2. The maximum Gasteiger partial charge on any atom is 0.252 e. The summed E-state index contributed by atoms with van der Waals surface area (Å²) in [6.07, 6.45) is 3.36. The number of H-pyrrole nitrogens is 1. The highest BCUT2D eigenvalue weighted by Crippen LogP contribution is 2.13. The second-order valence-electron chi connectivity index (χ2n) is 3.42. The lowest BCUT2D eigenvalue weighted by molar-refractivity contribution is 0.0950. The standard InChI is InChI=1S/C12H12N4OS/c13-3-1-2-10-6-9(8-18-10)12(17)16-7-11-14-4-5-15-11/h4-6,8H,3,7,13H2,(H,14,15)(H,16,17). The lowest BCUT2D eigenvalue weighted by Crippen LogP contribution is -2.22. The maximum absolute atomic E-state index is 11.8. The first-order chi connectivity index (χ1) is 8.79. The molecule has 0 saturated heterocycles. The second kappa shape index (κ2) is 6.00. The molecule has 0 aliphatic rings. The number of aromatic nitrogens is 2. The van der Waals surface area contributed by atoms with Gasteiger partial charge in [-0.3, -0.25) is 4.79 Å². The normalized spacial score (nSPS) is 9.61. The summed E-state index contributed by atoms with van der Waals surface area (Å²) in [7, 11) is 0. The minimum absolute atomic E-state index is 0.136. The summed E-state index contributed by atoms with van der Waals surface area (Å²) in [5, 5.41) is 4.55. The zero-order valence-electron chi connectivity index (χ0n) is 9.56. The number of nitrogens with two attached hydrogens (primary N) is 1. The second-order valence-corrected chi connectivity index (χ2v) is 4.34. The van der Waals surface area contributed by atoms with Gasteiger partial charge in [-0.05, 0) is 6.07 Å². The van der Waals surface area contributed by atoms with Crippen molar-refractivity contribution in [1.82, 2.24) is 15.3 Å². The largest absolute Gasteiger partial charge is 0.347 e. The Balaban J connectivity index is 1.94. The fourth-order valence-corrected chi connectivity index (χ4v) is 2.07. The van der Waals surface area contributed by atoms with Gasteiger partial charge in [0, 0.05) is 17.8 Å². The number of hydrogen-bond donors (Lipinski definition) is 3. The predicted octanol–water partition coefficient (Wildman–Crippen LogP) is 0.711. The summed E-state index contributed by atoms with van der Waals surface area (Å²) in [5.41, 5.74) is 5.89. The molecule has 0 saturated carbocycles. The molecule has 0 spiro atoms. The van der Waals surface area contributed by atoms with Crippen LogP contribution in [0.1, 0.15) is 21.1 Å². The van der Waals surface area contributed by atoms with Gasteiger partial charge in [-0.15, -0.1) is 11.3 Å². The van der Waals surface area contributed by atoms with Gasteiger partial charge in [0.25, 0.3) is 5.91 Å². The first-order valence-electron chi connectivity index (χ1n) is 5.33. The van der Waals surface area contributed by atoms with E-state index in [1.807, 2.05) is 0 Å². The molecule has 0 fully saturated rings. The summed E-state index contributed by atoms with van der Waals surface area (Å²) in [5.74, 6) is 6.24. The van der Waals surface area contributed by atoms with E-state index in [1.165, 1.54) is 11.3 Å². The Morgan fingerprint density at radius 1 is 1.61 bits per heavy atom. The molecule has 0 unspecified atom stereocenters. The van der Waals surface area contributed by atoms with E-state index in [4.69, 9.17) is 5.73 Å². The number of nitrogens with zero attached hydrogens (tertiary/aromatic N) is 1. The van der Waals surface area contributed by atoms with Crippen molar-refractivity contribution in [3.8, 4) is 11.8 Å². The van der Waals surface area contributed by atoms with Crippen molar-refractivity contribution >= 4 is 17.2 Å². The molecule has 0 bridgehead atoms. The van der Waals surface area contributed by atoms with Crippen LogP contribution in [0, 0.1) is 11.8 Å². The van der Waals surface area contributed by atoms with E-state index in [-0.39, 0.29) is 5.91 Å². The van der Waals surface area contributed by atoms with Gasteiger partial charge in [-0.1, -0.05) is 11.8 Å². The predicted molar refractivity (Wildman–Crippen MR) is 70.0 cm³/mol. The first-order valence-corrected chi connectivity index (χ1v) is 6.21. The Morgan fingerprint density at radius 3 is 3.22 bits per heavy atom. The Bertz CT molecular complexity index is 577. The number of hydrogen-bond acceptors (Lipinski definition) is 4. The average molecular weight is 260 g/mol. The molecule has 6 heteroatoms. The third-order valence-corrected chi connectivity index (χ3v) is 2.99. The van der Waals surface area contributed by atoms with Gasteiger partial charge in [0.2, 0.25) is 0 Å². The average Bonchev–Trinajstić information content (AvgIpc) is 3.04. The van der Waals surface area contributed by atoms with Crippen LogP contribution in [0.25, 0.3) is 0 Å². The third kappa shape index (κ3) is 3.20. The molecule has 0 aliphatic carbocycles. The minimum atomic E-state index is -0.136. The van der Waals surface area contributed by atoms with E-state index in [0.717, 1.165) is 10.7 Å². The van der Waals surface area contributed by atoms with Crippen LogP contribution >= 0.6 is 11.3 Å². The number of amides is 1. The van der Waals surface area contributed by atoms with Crippen molar-refractivity contribution in [2.75, 3.05) is 6.54 Å². The molecule has 0 aromatic carbocycles. The van der Waals surface area contributed by atoms with Gasteiger partial charge in [-0.2, -0.15) is 0 Å². The van der Waals surface area contributed by atoms with Gasteiger partial charge in [-0.25, -0.2) is 4.98 Å². The van der Waals surface area contributed by atoms with Crippen LogP contribution < -0.4 is 11.1 Å². The zero-order valence-corrected chi connectivity index (χ0v) is 10.4. The van der Waals surface area contributed by atoms with Crippen LogP contribution in [-0.4, -0.2) is 22.4 Å². The van der Waals surface area contributed by atoms with E-state index < -0.39 is 0 Å². The molecule has 0 atom stereocenters. The summed E-state index contributed by atoms with van der Waals surface area (Å²) < 4.78 is 0. The Labute approximate surface area is 108 Å². The van der Waals surface area contributed by atoms with E-state index in [2.05, 4.69) is 27.1 Å². The molecule has 2 aromatic rings. The van der Waals surface area contributed by atoms with Crippen LogP contribution in [0.3, 0.4) is 0 Å². The van der Waals surface area contributed by atoms with Gasteiger partial charge >= 0.3 is 0 Å². The number of rotatable bonds is 3. The van der Waals surface area contributed by atoms with Gasteiger partial charge in [0.05, 0.1) is 23.5 Å². The van der Waals surface area contributed by atoms with Crippen molar-refractivity contribution < 1.29 is 4.79 Å². The summed E-state index contributed by atoms with van der Waals surface area (Å²) >= 11 is 1.43. The van der Waals surface area contributed by atoms with Crippen molar-refractivity contribution in [2.45, 2.75) is 6.54 Å². The van der Waals surface area contributed by atoms with E-state index in [9.17, 15) is 4.79 Å². The van der Waals surface area contributed by atoms with Crippen LogP contribution in [0.4, 0.5) is 0 Å². The molecule has 1 amide bonds. The third-order valence-electron chi connectivity index (χ3n) is 2.15. The van der Waals surface area contributed by atoms with E-state index in [1.54, 1.807) is 23.8 Å². The fourth-order valence-electron chi connectivity index (χ4n) is 1.32. The van der Waals surface area contributed by atoms with E-state index >= 15 is 0 Å². The van der Waals surface area contributed by atoms with Crippen molar-refractivity contribution in [1.29, 1.82) is 0 Å². The molecule has 92 valence electrons. The molecule has 2 aromatic heterocycles. The Morgan fingerprint density at radius 2 is 2.50 bits per heavy atom. The first kappa shape index (κ1) is 12.4. The lowest BCUT2D eigenvalue weighted by Gasteiger charge is -2.00. The summed E-state index contributed by atoms with van der Waals surface area (Å²) in [4.78, 5) is 19.6. The molecule has 0 aliphatic heterocycles. The van der Waals surface area contributed by atoms with Crippen LogP contribution in [0.2, 0.25) is 0 Å². The molecule has 0 radical (unpaired) electrons. The quantitative estimate of drug-likeness (QED) is 0.711. The topological polar surface area (TPSA) is 83.8 Å². The van der Waals surface area contributed by atoms with Crippen LogP contribution in [0.15, 0.2) is 23.8 Å². The zero-order chi connectivity index (χ0) is 12.8. The fraction of sp³-hybridized carbons (Fsp3) is 0.167. The van der Waals surface area contributed by atoms with E-state index in [0.29, 0.717) is 18.7 Å². The monoisotopic (exact) mass is 260 g/mol. The highest BCUT2D eigenvalue weighted by atomic mass is 32.1. The lowest BCUT2D eigenvalue weighted by atomic mass is 10.3. The van der Waals surface area contributed by atoms with Gasteiger partial charge in [0.15, 0.2) is 0 Å². The molecule has 2 heterocycles. The molecule has 5 nitrogen and oxygen atoms in total. The van der Waals surface area contributed by atoms with Crippen molar-refractivity contribution in [2.24, 2.45) is 5.73 Å². The van der Waals surface area contributed by atoms with Crippen LogP contribution in [-0.2, 0) is 6.54 Å². The maximum atomic E-state index is 11.8. The summed E-state index contributed by atoms with van der Waals surface area (Å²) in [6, 6.07) is 1.75. The molecule has 18 heavy (non-hydrogen) atoms. The summed E-state index contributed by atoms with van der Waals surface area (Å²) in [6.45, 7) is 0.698. The van der Waals surface area contributed by atoms with Gasteiger partial charge < -0.3 is 16.0 Å². The van der Waals surface area contributed by atoms with Gasteiger partial charge in [0.1, 0.15) is 5.82 Å². The number of imidazole rings is 1. The molecular weight excluding hydrogens is 248 g/mol. The highest BCUT2D eigenvalue weighted by Gasteiger charge is 2.08. The smallest absolute Gasteiger partial charge is 0.252 e. The molecular formula is C12H12N4OS. The number of carbonyl (C=O) groups excluding carboxylic acids is 1. The van der Waals surface area contributed by atoms with Crippen LogP contribution in [0.5, 0.6) is 0 Å². The minimum Gasteiger partial charge on any atom is -0.347 e.